The Balaban J connectivity index is 2.88. The van der Waals surface area contributed by atoms with Crippen LogP contribution in [0.4, 0.5) is 10.1 Å². The molecule has 0 aliphatic heterocycles. The lowest BCUT2D eigenvalue weighted by Gasteiger charge is -2.26. The van der Waals surface area contributed by atoms with E-state index in [2.05, 4.69) is 34.7 Å². The van der Waals surface area contributed by atoms with Crippen LogP contribution in [0.15, 0.2) is 18.2 Å². The van der Waals surface area contributed by atoms with E-state index in [1.54, 1.807) is 12.1 Å². The number of nitrogens with zero attached hydrogens (tertiary/aromatic N) is 1. The highest BCUT2D eigenvalue weighted by atomic mass is 79.9. The van der Waals surface area contributed by atoms with E-state index >= 15 is 0 Å². The summed E-state index contributed by atoms with van der Waals surface area (Å²) in [7, 11) is 0. The minimum atomic E-state index is -0.154. The number of hydrogen-bond donors (Lipinski definition) is 0. The summed E-state index contributed by atoms with van der Waals surface area (Å²) in [6.07, 6.45) is 4.74. The van der Waals surface area contributed by atoms with Crippen LogP contribution in [-0.4, -0.2) is 13.1 Å². The first kappa shape index (κ1) is 15.5. The molecule has 1 nitrogen and oxygen atoms in total. The van der Waals surface area contributed by atoms with Gasteiger partial charge in [0, 0.05) is 24.1 Å². The quantitative estimate of drug-likeness (QED) is 0.601. The van der Waals surface area contributed by atoms with Crippen LogP contribution in [0.25, 0.3) is 0 Å². The van der Waals surface area contributed by atoms with Crippen molar-refractivity contribution in [3.63, 3.8) is 0 Å². The average molecular weight is 316 g/mol. The smallest absolute Gasteiger partial charge is 0.123 e. The SMILES string of the molecule is CCCCN(CCCC)c1ccc(F)cc1CBr. The van der Waals surface area contributed by atoms with Crippen molar-refractivity contribution in [1.29, 1.82) is 0 Å². The van der Waals surface area contributed by atoms with Gasteiger partial charge in [0.25, 0.3) is 0 Å². The zero-order chi connectivity index (χ0) is 13.4. The van der Waals surface area contributed by atoms with Gasteiger partial charge in [-0.15, -0.1) is 0 Å². The predicted molar refractivity (Wildman–Crippen MR) is 81.1 cm³/mol. The summed E-state index contributed by atoms with van der Waals surface area (Å²) in [5.41, 5.74) is 2.22. The number of benzene rings is 1. The van der Waals surface area contributed by atoms with Crippen LogP contribution in [-0.2, 0) is 5.33 Å². The minimum Gasteiger partial charge on any atom is -0.371 e. The number of unbranched alkanes of at least 4 members (excludes halogenated alkanes) is 2. The molecule has 102 valence electrons. The number of rotatable bonds is 8. The molecule has 0 saturated heterocycles. The third kappa shape index (κ3) is 4.60. The Kier molecular flexibility index (Phi) is 7.33. The fraction of sp³-hybridized carbons (Fsp3) is 0.600. The van der Waals surface area contributed by atoms with E-state index in [0.29, 0.717) is 5.33 Å². The summed E-state index contributed by atoms with van der Waals surface area (Å²) in [6, 6.07) is 5.11. The molecule has 0 heterocycles. The zero-order valence-electron chi connectivity index (χ0n) is 11.4. The molecule has 0 bridgehead atoms. The minimum absolute atomic E-state index is 0.154. The molecule has 0 N–H and O–H groups in total. The summed E-state index contributed by atoms with van der Waals surface area (Å²) >= 11 is 3.45. The van der Waals surface area contributed by atoms with Crippen LogP contribution in [0.5, 0.6) is 0 Å². The molecule has 0 amide bonds. The van der Waals surface area contributed by atoms with Gasteiger partial charge in [-0.2, -0.15) is 0 Å². The van der Waals surface area contributed by atoms with Gasteiger partial charge in [-0.3, -0.25) is 0 Å². The second-order valence-electron chi connectivity index (χ2n) is 4.60. The molecule has 18 heavy (non-hydrogen) atoms. The number of hydrogen-bond acceptors (Lipinski definition) is 1. The molecule has 3 heteroatoms. The Morgan fingerprint density at radius 2 is 1.72 bits per heavy atom. The molecule has 0 aliphatic carbocycles. The van der Waals surface area contributed by atoms with Gasteiger partial charge in [-0.1, -0.05) is 42.6 Å². The maximum Gasteiger partial charge on any atom is 0.123 e. The normalized spacial score (nSPS) is 10.7. The second kappa shape index (κ2) is 8.52. The third-order valence-electron chi connectivity index (χ3n) is 3.09. The van der Waals surface area contributed by atoms with Crippen molar-refractivity contribution in [3.05, 3.63) is 29.6 Å². The van der Waals surface area contributed by atoms with Crippen molar-refractivity contribution in [2.75, 3.05) is 18.0 Å². The van der Waals surface area contributed by atoms with Gasteiger partial charge >= 0.3 is 0 Å². The summed E-state index contributed by atoms with van der Waals surface area (Å²) in [5, 5.41) is 0.703. The van der Waals surface area contributed by atoms with Crippen molar-refractivity contribution < 1.29 is 4.39 Å². The summed E-state index contributed by atoms with van der Waals surface area (Å²) in [4.78, 5) is 2.39. The van der Waals surface area contributed by atoms with Crippen molar-refractivity contribution in [3.8, 4) is 0 Å². The van der Waals surface area contributed by atoms with Crippen LogP contribution in [0.2, 0.25) is 0 Å². The van der Waals surface area contributed by atoms with Gasteiger partial charge in [0.1, 0.15) is 5.82 Å². The first-order chi connectivity index (χ1) is 8.72. The topological polar surface area (TPSA) is 3.24 Å². The lowest BCUT2D eigenvalue weighted by atomic mass is 10.1. The molecule has 0 spiro atoms. The molecule has 0 aliphatic rings. The van der Waals surface area contributed by atoms with Gasteiger partial charge in [-0.25, -0.2) is 4.39 Å². The van der Waals surface area contributed by atoms with Crippen molar-refractivity contribution in [2.24, 2.45) is 0 Å². The summed E-state index contributed by atoms with van der Waals surface area (Å²) in [6.45, 7) is 6.52. The van der Waals surface area contributed by atoms with Gasteiger partial charge in [0.2, 0.25) is 0 Å². The van der Waals surface area contributed by atoms with Crippen molar-refractivity contribution in [2.45, 2.75) is 44.9 Å². The highest BCUT2D eigenvalue weighted by Gasteiger charge is 2.10. The van der Waals surface area contributed by atoms with Crippen molar-refractivity contribution >= 4 is 21.6 Å². The fourth-order valence-electron chi connectivity index (χ4n) is 2.02. The first-order valence-electron chi connectivity index (χ1n) is 6.82. The maximum absolute atomic E-state index is 13.3. The molecule has 0 fully saturated rings. The average Bonchev–Trinajstić information content (AvgIpc) is 2.39. The van der Waals surface area contributed by atoms with Crippen LogP contribution >= 0.6 is 15.9 Å². The number of halogens is 2. The van der Waals surface area contributed by atoms with E-state index < -0.39 is 0 Å². The van der Waals surface area contributed by atoms with E-state index in [4.69, 9.17) is 0 Å². The number of anilines is 1. The monoisotopic (exact) mass is 315 g/mol. The maximum atomic E-state index is 13.3. The Hall–Kier alpha value is -0.570. The molecule has 0 radical (unpaired) electrons. The highest BCUT2D eigenvalue weighted by Crippen LogP contribution is 2.24. The van der Waals surface area contributed by atoms with Crippen LogP contribution in [0, 0.1) is 5.82 Å². The molecule has 1 rings (SSSR count). The van der Waals surface area contributed by atoms with Gasteiger partial charge in [0.15, 0.2) is 0 Å². The Morgan fingerprint density at radius 3 is 2.22 bits per heavy atom. The van der Waals surface area contributed by atoms with Crippen molar-refractivity contribution in [1.82, 2.24) is 0 Å². The largest absolute Gasteiger partial charge is 0.371 e. The zero-order valence-corrected chi connectivity index (χ0v) is 13.0. The van der Waals surface area contributed by atoms with E-state index in [0.717, 1.165) is 18.7 Å². The predicted octanol–water partition coefficient (Wildman–Crippen LogP) is 5.13. The van der Waals surface area contributed by atoms with E-state index in [1.807, 2.05) is 6.07 Å². The standard InChI is InChI=1S/C15H23BrFN/c1-3-5-9-18(10-6-4-2)15-8-7-14(17)11-13(15)12-16/h7-8,11H,3-6,9-10,12H2,1-2H3. The Bertz CT molecular complexity index is 346. The Morgan fingerprint density at radius 1 is 1.11 bits per heavy atom. The van der Waals surface area contributed by atoms with Gasteiger partial charge < -0.3 is 4.90 Å². The van der Waals surface area contributed by atoms with Crippen LogP contribution in [0.1, 0.15) is 45.1 Å². The van der Waals surface area contributed by atoms with Gasteiger partial charge in [-0.05, 0) is 36.6 Å². The fourth-order valence-corrected chi connectivity index (χ4v) is 2.47. The summed E-state index contributed by atoms with van der Waals surface area (Å²) in [5.74, 6) is -0.154. The molecule has 0 saturated carbocycles. The molecule has 1 aromatic rings. The lowest BCUT2D eigenvalue weighted by molar-refractivity contribution is 0.624. The number of alkyl halides is 1. The second-order valence-corrected chi connectivity index (χ2v) is 5.16. The van der Waals surface area contributed by atoms with E-state index in [9.17, 15) is 4.39 Å². The van der Waals surface area contributed by atoms with E-state index in [1.165, 1.54) is 31.4 Å². The van der Waals surface area contributed by atoms with E-state index in [-0.39, 0.29) is 5.82 Å². The Labute approximate surface area is 119 Å². The van der Waals surface area contributed by atoms with Crippen LogP contribution in [0.3, 0.4) is 0 Å². The molecule has 0 atom stereocenters. The lowest BCUT2D eigenvalue weighted by Crippen LogP contribution is -2.26. The van der Waals surface area contributed by atoms with Crippen LogP contribution < -0.4 is 4.90 Å². The van der Waals surface area contributed by atoms with Gasteiger partial charge in [0.05, 0.1) is 0 Å². The molecule has 1 aromatic carbocycles. The molecule has 0 aromatic heterocycles. The molecular formula is C15H23BrFN. The third-order valence-corrected chi connectivity index (χ3v) is 3.69. The summed E-state index contributed by atoms with van der Waals surface area (Å²) < 4.78 is 13.3. The molecule has 0 unspecified atom stereocenters. The first-order valence-corrected chi connectivity index (χ1v) is 7.94. The highest BCUT2D eigenvalue weighted by molar-refractivity contribution is 9.08. The molecular weight excluding hydrogens is 293 g/mol.